The quantitative estimate of drug-likeness (QED) is 0.261. The molecule has 3 heterocycles. The number of halogens is 2. The van der Waals surface area contributed by atoms with Crippen molar-refractivity contribution >= 4 is 28.6 Å². The average molecular weight is 560 g/mol. The predicted octanol–water partition coefficient (Wildman–Crippen LogP) is 3.73. The molecule has 3 fully saturated rings. The number of ether oxygens (including phenoxy) is 2. The van der Waals surface area contributed by atoms with Crippen LogP contribution in [0.5, 0.6) is 0 Å². The van der Waals surface area contributed by atoms with E-state index >= 15 is 8.78 Å². The lowest BCUT2D eigenvalue weighted by atomic mass is 9.89. The van der Waals surface area contributed by atoms with Gasteiger partial charge in [0.1, 0.15) is 5.82 Å². The SMILES string of the molecule is CCOC(=O)C(C(=O)OCC)C(=O)c1cn(C2CC2)c2c(F)c(C3CCCN(N4CCCC4)C3)c(F)cc2c1=O. The van der Waals surface area contributed by atoms with Crippen molar-refractivity contribution in [1.29, 1.82) is 0 Å². The van der Waals surface area contributed by atoms with E-state index in [2.05, 4.69) is 10.0 Å². The molecule has 1 aliphatic carbocycles. The Kier molecular flexibility index (Phi) is 8.32. The van der Waals surface area contributed by atoms with Crippen LogP contribution in [0, 0.1) is 17.6 Å². The number of pyridine rings is 1. The average Bonchev–Trinajstić information content (AvgIpc) is 3.62. The number of Topliss-reactive ketones (excluding diaryl/α,β-unsaturated/α-hetero) is 1. The highest BCUT2D eigenvalue weighted by Gasteiger charge is 2.40. The highest BCUT2D eigenvalue weighted by atomic mass is 19.1. The topological polar surface area (TPSA) is 98.2 Å². The van der Waals surface area contributed by atoms with E-state index < -0.39 is 46.3 Å². The van der Waals surface area contributed by atoms with E-state index in [0.29, 0.717) is 25.8 Å². The van der Waals surface area contributed by atoms with Gasteiger partial charge in [-0.1, -0.05) is 0 Å². The van der Waals surface area contributed by atoms with Crippen LogP contribution in [-0.4, -0.2) is 71.7 Å². The minimum absolute atomic E-state index is 0.0415. The van der Waals surface area contributed by atoms with Crippen LogP contribution in [0.2, 0.25) is 0 Å². The van der Waals surface area contributed by atoms with Gasteiger partial charge in [0.15, 0.2) is 17.0 Å². The Labute approximate surface area is 231 Å². The summed E-state index contributed by atoms with van der Waals surface area (Å²) in [5.74, 6) is -7.43. The van der Waals surface area contributed by atoms with Crippen molar-refractivity contribution in [2.24, 2.45) is 5.92 Å². The number of nitrogens with zero attached hydrogens (tertiary/aromatic N) is 3. The molecular formula is C29H35F2N3O6. The molecule has 1 atom stereocenters. The number of piperidine rings is 1. The molecule has 216 valence electrons. The Morgan fingerprint density at radius 1 is 0.950 bits per heavy atom. The second-order valence-corrected chi connectivity index (χ2v) is 10.7. The molecule has 2 aromatic rings. The predicted molar refractivity (Wildman–Crippen MR) is 142 cm³/mol. The third-order valence-corrected chi connectivity index (χ3v) is 8.05. The van der Waals surface area contributed by atoms with Gasteiger partial charge >= 0.3 is 11.9 Å². The molecule has 0 N–H and O–H groups in total. The summed E-state index contributed by atoms with van der Waals surface area (Å²) in [5.41, 5.74) is -1.54. The fourth-order valence-corrected chi connectivity index (χ4v) is 6.00. The molecule has 0 spiro atoms. The summed E-state index contributed by atoms with van der Waals surface area (Å²) >= 11 is 0. The number of esters is 2. The number of hydrogen-bond donors (Lipinski definition) is 0. The second kappa shape index (κ2) is 11.7. The van der Waals surface area contributed by atoms with E-state index in [-0.39, 0.29) is 41.6 Å². The minimum Gasteiger partial charge on any atom is -0.465 e. The van der Waals surface area contributed by atoms with Gasteiger partial charge in [-0.15, -0.1) is 0 Å². The third-order valence-electron chi connectivity index (χ3n) is 8.05. The number of hydrazine groups is 1. The lowest BCUT2D eigenvalue weighted by Crippen LogP contribution is -2.46. The standard InChI is InChI=1S/C29H35F2N3O6/c1-3-39-28(37)23(29(38)40-4-2)27(36)20-16-34(18-9-10-18)25-19(26(20)35)14-21(30)22(24(25)31)17-8-7-13-33(15-17)32-11-5-6-12-32/h14,16-18,23H,3-13,15H2,1-2H3. The van der Waals surface area contributed by atoms with Gasteiger partial charge in [0, 0.05) is 49.9 Å². The Bertz CT molecular complexity index is 1360. The first-order valence-corrected chi connectivity index (χ1v) is 14.2. The van der Waals surface area contributed by atoms with E-state index in [9.17, 15) is 19.2 Å². The maximum atomic E-state index is 16.3. The van der Waals surface area contributed by atoms with Gasteiger partial charge in [0.05, 0.1) is 29.7 Å². The number of carbonyl (C=O) groups is 3. The monoisotopic (exact) mass is 559 g/mol. The van der Waals surface area contributed by atoms with Crippen molar-refractivity contribution in [3.63, 3.8) is 0 Å². The van der Waals surface area contributed by atoms with Gasteiger partial charge < -0.3 is 14.0 Å². The van der Waals surface area contributed by atoms with Gasteiger partial charge in [-0.25, -0.2) is 18.8 Å². The summed E-state index contributed by atoms with van der Waals surface area (Å²) in [7, 11) is 0. The second-order valence-electron chi connectivity index (χ2n) is 10.7. The Morgan fingerprint density at radius 2 is 1.57 bits per heavy atom. The van der Waals surface area contributed by atoms with Crippen molar-refractivity contribution < 1.29 is 32.6 Å². The fraction of sp³-hybridized carbons (Fsp3) is 0.586. The molecular weight excluding hydrogens is 524 g/mol. The molecule has 0 amide bonds. The molecule has 0 radical (unpaired) electrons. The molecule has 11 heteroatoms. The summed E-state index contributed by atoms with van der Waals surface area (Å²) in [6.45, 7) is 6.04. The first-order valence-electron chi connectivity index (χ1n) is 14.2. The van der Waals surface area contributed by atoms with Crippen LogP contribution < -0.4 is 5.43 Å². The Balaban J connectivity index is 1.59. The van der Waals surface area contributed by atoms with Crippen LogP contribution in [0.3, 0.4) is 0 Å². The molecule has 1 unspecified atom stereocenters. The fourth-order valence-electron chi connectivity index (χ4n) is 6.00. The zero-order valence-electron chi connectivity index (χ0n) is 22.9. The lowest BCUT2D eigenvalue weighted by molar-refractivity contribution is -0.158. The maximum Gasteiger partial charge on any atom is 0.328 e. The Hall–Kier alpha value is -3.18. The highest BCUT2D eigenvalue weighted by Crippen LogP contribution is 2.40. The Morgan fingerprint density at radius 3 is 2.17 bits per heavy atom. The zero-order valence-corrected chi connectivity index (χ0v) is 22.9. The summed E-state index contributed by atoms with van der Waals surface area (Å²) in [6.07, 6.45) is 6.19. The van der Waals surface area contributed by atoms with Crippen molar-refractivity contribution in [2.75, 3.05) is 39.4 Å². The van der Waals surface area contributed by atoms with Crippen molar-refractivity contribution in [3.8, 4) is 0 Å². The molecule has 40 heavy (non-hydrogen) atoms. The number of hydrogen-bond acceptors (Lipinski definition) is 8. The third kappa shape index (κ3) is 5.28. The van der Waals surface area contributed by atoms with Crippen LogP contribution >= 0.6 is 0 Å². The van der Waals surface area contributed by atoms with Crippen molar-refractivity contribution in [1.82, 2.24) is 14.6 Å². The van der Waals surface area contributed by atoms with Gasteiger partial charge in [0.25, 0.3) is 0 Å². The number of carbonyl (C=O) groups excluding carboxylic acids is 3. The number of rotatable bonds is 9. The molecule has 1 aromatic carbocycles. The summed E-state index contributed by atoms with van der Waals surface area (Å²) in [5, 5.41) is 4.14. The van der Waals surface area contributed by atoms with Crippen LogP contribution in [0.25, 0.3) is 10.9 Å². The van der Waals surface area contributed by atoms with Gasteiger partial charge in [-0.05, 0) is 58.4 Å². The molecule has 9 nitrogen and oxygen atoms in total. The molecule has 2 aliphatic heterocycles. The van der Waals surface area contributed by atoms with E-state index in [4.69, 9.17) is 9.47 Å². The van der Waals surface area contributed by atoms with Crippen molar-refractivity contribution in [2.45, 2.75) is 64.3 Å². The van der Waals surface area contributed by atoms with Crippen molar-refractivity contribution in [3.05, 3.63) is 45.2 Å². The first kappa shape index (κ1) is 28.4. The normalized spacial score (nSPS) is 20.3. The van der Waals surface area contributed by atoms with Gasteiger partial charge in [-0.2, -0.15) is 0 Å². The summed E-state index contributed by atoms with van der Waals surface area (Å²) in [6, 6.07) is 0.808. The maximum absolute atomic E-state index is 16.3. The van der Waals surface area contributed by atoms with Crippen LogP contribution in [0.1, 0.15) is 80.3 Å². The van der Waals surface area contributed by atoms with E-state index in [1.165, 1.54) is 24.6 Å². The number of benzene rings is 1. The zero-order chi connectivity index (χ0) is 28.6. The summed E-state index contributed by atoms with van der Waals surface area (Å²) in [4.78, 5) is 52.1. The highest BCUT2D eigenvalue weighted by molar-refractivity contribution is 6.21. The van der Waals surface area contributed by atoms with E-state index in [1.54, 1.807) is 0 Å². The molecule has 3 aliphatic rings. The number of fused-ring (bicyclic) bond motifs is 1. The smallest absolute Gasteiger partial charge is 0.328 e. The van der Waals surface area contributed by atoms with Crippen LogP contribution in [-0.2, 0) is 19.1 Å². The van der Waals surface area contributed by atoms with Gasteiger partial charge in [0.2, 0.25) is 5.92 Å². The molecule has 0 bridgehead atoms. The lowest BCUT2D eigenvalue weighted by Gasteiger charge is -2.38. The number of aromatic nitrogens is 1. The molecule has 1 saturated carbocycles. The van der Waals surface area contributed by atoms with E-state index in [0.717, 1.165) is 45.0 Å². The molecule has 5 rings (SSSR count). The first-order chi connectivity index (χ1) is 19.3. The molecule has 1 aromatic heterocycles. The van der Waals surface area contributed by atoms with E-state index in [1.807, 2.05) is 0 Å². The molecule has 2 saturated heterocycles. The van der Waals surface area contributed by atoms with Crippen LogP contribution in [0.15, 0.2) is 17.1 Å². The number of ketones is 1. The summed E-state index contributed by atoms with van der Waals surface area (Å²) < 4.78 is 43.3. The largest absolute Gasteiger partial charge is 0.465 e. The van der Waals surface area contributed by atoms with Gasteiger partial charge in [-0.3, -0.25) is 19.2 Å². The minimum atomic E-state index is -2.01. The van der Waals surface area contributed by atoms with Crippen LogP contribution in [0.4, 0.5) is 8.78 Å².